The van der Waals surface area contributed by atoms with Gasteiger partial charge < -0.3 is 10.3 Å². The molecule has 4 heteroatoms. The van der Waals surface area contributed by atoms with E-state index >= 15 is 0 Å². The van der Waals surface area contributed by atoms with Crippen molar-refractivity contribution < 1.29 is 0 Å². The molecule has 0 spiro atoms. The quantitative estimate of drug-likeness (QED) is 0.797. The highest BCUT2D eigenvalue weighted by atomic mass is 15.3. The summed E-state index contributed by atoms with van der Waals surface area (Å²) in [6, 6.07) is 8.12. The van der Waals surface area contributed by atoms with Crippen molar-refractivity contribution in [1.29, 1.82) is 0 Å². The van der Waals surface area contributed by atoms with Gasteiger partial charge in [-0.25, -0.2) is 0 Å². The SMILES string of the molecule is Cc1ccccc1-c1nnc(CN)n1C. The Hall–Kier alpha value is -1.68. The fourth-order valence-corrected chi connectivity index (χ4v) is 1.60. The van der Waals surface area contributed by atoms with Crippen LogP contribution >= 0.6 is 0 Å². The van der Waals surface area contributed by atoms with Gasteiger partial charge in [0.15, 0.2) is 5.82 Å². The zero-order valence-electron chi connectivity index (χ0n) is 8.94. The van der Waals surface area contributed by atoms with Crippen LogP contribution in [0.4, 0.5) is 0 Å². The number of nitrogens with zero attached hydrogens (tertiary/aromatic N) is 3. The van der Waals surface area contributed by atoms with Crippen molar-refractivity contribution in [2.45, 2.75) is 13.5 Å². The van der Waals surface area contributed by atoms with Gasteiger partial charge in [0.05, 0.1) is 6.54 Å². The lowest BCUT2D eigenvalue weighted by atomic mass is 10.1. The topological polar surface area (TPSA) is 56.7 Å². The Morgan fingerprint density at radius 2 is 2.00 bits per heavy atom. The van der Waals surface area contributed by atoms with E-state index in [9.17, 15) is 0 Å². The molecule has 0 saturated heterocycles. The standard InChI is InChI=1S/C11H14N4/c1-8-5-3-4-6-9(8)11-14-13-10(7-12)15(11)2/h3-6H,7,12H2,1-2H3. The van der Waals surface area contributed by atoms with Crippen LogP contribution in [0.1, 0.15) is 11.4 Å². The second-order valence-electron chi connectivity index (χ2n) is 3.52. The molecule has 2 aromatic rings. The predicted octanol–water partition coefficient (Wildman–Crippen LogP) is 1.25. The maximum atomic E-state index is 5.56. The summed E-state index contributed by atoms with van der Waals surface area (Å²) in [5, 5.41) is 8.19. The monoisotopic (exact) mass is 202 g/mol. The van der Waals surface area contributed by atoms with Crippen LogP contribution in [-0.2, 0) is 13.6 Å². The Kier molecular flexibility index (Phi) is 2.51. The van der Waals surface area contributed by atoms with Crippen LogP contribution in [-0.4, -0.2) is 14.8 Å². The van der Waals surface area contributed by atoms with Gasteiger partial charge in [-0.1, -0.05) is 24.3 Å². The van der Waals surface area contributed by atoms with Crippen molar-refractivity contribution in [3.63, 3.8) is 0 Å². The molecule has 4 nitrogen and oxygen atoms in total. The van der Waals surface area contributed by atoms with E-state index in [1.54, 1.807) is 0 Å². The van der Waals surface area contributed by atoms with Gasteiger partial charge in [0.2, 0.25) is 0 Å². The first-order valence-electron chi connectivity index (χ1n) is 4.88. The molecule has 1 aromatic carbocycles. The summed E-state index contributed by atoms with van der Waals surface area (Å²) in [7, 11) is 1.93. The fraction of sp³-hybridized carbons (Fsp3) is 0.273. The Labute approximate surface area is 88.8 Å². The van der Waals surface area contributed by atoms with Gasteiger partial charge in [0.1, 0.15) is 5.82 Å². The first-order valence-corrected chi connectivity index (χ1v) is 4.88. The Balaban J connectivity index is 2.55. The summed E-state index contributed by atoms with van der Waals surface area (Å²) >= 11 is 0. The lowest BCUT2D eigenvalue weighted by Gasteiger charge is -2.05. The van der Waals surface area contributed by atoms with E-state index in [4.69, 9.17) is 5.73 Å². The van der Waals surface area contributed by atoms with Crippen LogP contribution < -0.4 is 5.73 Å². The molecule has 0 aliphatic heterocycles. The molecule has 0 aliphatic rings. The molecule has 2 N–H and O–H groups in total. The Morgan fingerprint density at radius 1 is 1.27 bits per heavy atom. The molecule has 1 aromatic heterocycles. The van der Waals surface area contributed by atoms with Gasteiger partial charge in [-0.2, -0.15) is 0 Å². The van der Waals surface area contributed by atoms with Crippen molar-refractivity contribution in [3.05, 3.63) is 35.7 Å². The third kappa shape index (κ3) is 1.64. The van der Waals surface area contributed by atoms with E-state index in [0.29, 0.717) is 6.54 Å². The largest absolute Gasteiger partial charge is 0.324 e. The molecule has 0 fully saturated rings. The van der Waals surface area contributed by atoms with Crippen LogP contribution in [0.3, 0.4) is 0 Å². The summed E-state index contributed by atoms with van der Waals surface area (Å²) in [4.78, 5) is 0. The number of hydrogen-bond acceptors (Lipinski definition) is 3. The molecule has 0 unspecified atom stereocenters. The minimum Gasteiger partial charge on any atom is -0.324 e. The van der Waals surface area contributed by atoms with Crippen molar-refractivity contribution >= 4 is 0 Å². The van der Waals surface area contributed by atoms with Gasteiger partial charge >= 0.3 is 0 Å². The minimum absolute atomic E-state index is 0.412. The van der Waals surface area contributed by atoms with Crippen molar-refractivity contribution in [2.75, 3.05) is 0 Å². The van der Waals surface area contributed by atoms with Crippen molar-refractivity contribution in [2.24, 2.45) is 12.8 Å². The first-order chi connectivity index (χ1) is 7.24. The molecule has 0 radical (unpaired) electrons. The second-order valence-corrected chi connectivity index (χ2v) is 3.52. The van der Waals surface area contributed by atoms with E-state index in [1.807, 2.05) is 29.8 Å². The highest BCUT2D eigenvalue weighted by Gasteiger charge is 2.10. The lowest BCUT2D eigenvalue weighted by Crippen LogP contribution is -2.05. The number of hydrogen-bond donors (Lipinski definition) is 1. The number of rotatable bonds is 2. The Bertz CT molecular complexity index is 473. The molecule has 78 valence electrons. The molecule has 0 atom stereocenters. The first kappa shape index (κ1) is 9.86. The number of aromatic nitrogens is 3. The van der Waals surface area contributed by atoms with E-state index in [2.05, 4.69) is 23.2 Å². The minimum atomic E-state index is 0.412. The molecule has 0 bridgehead atoms. The van der Waals surface area contributed by atoms with E-state index in [-0.39, 0.29) is 0 Å². The molecule has 0 amide bonds. The average molecular weight is 202 g/mol. The molecule has 15 heavy (non-hydrogen) atoms. The van der Waals surface area contributed by atoms with Crippen molar-refractivity contribution in [1.82, 2.24) is 14.8 Å². The molecular formula is C11H14N4. The Morgan fingerprint density at radius 3 is 2.60 bits per heavy atom. The van der Waals surface area contributed by atoms with Gasteiger partial charge in [-0.05, 0) is 12.5 Å². The number of benzene rings is 1. The summed E-state index contributed by atoms with van der Waals surface area (Å²) in [5.74, 6) is 1.67. The van der Waals surface area contributed by atoms with Crippen LogP contribution in [0.5, 0.6) is 0 Å². The third-order valence-electron chi connectivity index (χ3n) is 2.53. The molecular weight excluding hydrogens is 188 g/mol. The highest BCUT2D eigenvalue weighted by molar-refractivity contribution is 5.59. The summed E-state index contributed by atoms with van der Waals surface area (Å²) < 4.78 is 1.93. The zero-order valence-corrected chi connectivity index (χ0v) is 8.94. The van der Waals surface area contributed by atoms with Gasteiger partial charge in [0, 0.05) is 12.6 Å². The van der Waals surface area contributed by atoms with Crippen LogP contribution in [0.25, 0.3) is 11.4 Å². The zero-order chi connectivity index (χ0) is 10.8. The van der Waals surface area contributed by atoms with Gasteiger partial charge in [-0.3, -0.25) is 0 Å². The molecule has 2 rings (SSSR count). The summed E-state index contributed by atoms with van der Waals surface area (Å²) in [6.07, 6.45) is 0. The molecule has 0 aliphatic carbocycles. The number of aryl methyl sites for hydroxylation is 1. The van der Waals surface area contributed by atoms with E-state index in [1.165, 1.54) is 5.56 Å². The van der Waals surface area contributed by atoms with Crippen molar-refractivity contribution in [3.8, 4) is 11.4 Å². The number of nitrogens with two attached hydrogens (primary N) is 1. The predicted molar refractivity (Wildman–Crippen MR) is 59.1 cm³/mol. The van der Waals surface area contributed by atoms with Crippen LogP contribution in [0.2, 0.25) is 0 Å². The van der Waals surface area contributed by atoms with Crippen LogP contribution in [0.15, 0.2) is 24.3 Å². The summed E-state index contributed by atoms with van der Waals surface area (Å²) in [6.45, 7) is 2.47. The van der Waals surface area contributed by atoms with Gasteiger partial charge in [-0.15, -0.1) is 10.2 Å². The summed E-state index contributed by atoms with van der Waals surface area (Å²) in [5.41, 5.74) is 7.85. The van der Waals surface area contributed by atoms with E-state index in [0.717, 1.165) is 17.2 Å². The van der Waals surface area contributed by atoms with Gasteiger partial charge in [0.25, 0.3) is 0 Å². The maximum Gasteiger partial charge on any atom is 0.163 e. The van der Waals surface area contributed by atoms with Crippen LogP contribution in [0, 0.1) is 6.92 Å². The lowest BCUT2D eigenvalue weighted by molar-refractivity contribution is 0.796. The third-order valence-corrected chi connectivity index (χ3v) is 2.53. The van der Waals surface area contributed by atoms with E-state index < -0.39 is 0 Å². The smallest absolute Gasteiger partial charge is 0.163 e. The fourth-order valence-electron chi connectivity index (χ4n) is 1.60. The maximum absolute atomic E-state index is 5.56. The average Bonchev–Trinajstić information content (AvgIpc) is 2.60. The second kappa shape index (κ2) is 3.82. The highest BCUT2D eigenvalue weighted by Crippen LogP contribution is 2.20. The normalized spacial score (nSPS) is 10.6. The molecule has 1 heterocycles. The molecule has 0 saturated carbocycles.